The van der Waals surface area contributed by atoms with Crippen molar-refractivity contribution in [1.29, 1.82) is 0 Å². The first-order valence-electron chi connectivity index (χ1n) is 6.21. The van der Waals surface area contributed by atoms with Gasteiger partial charge < -0.3 is 10.1 Å². The fourth-order valence-corrected chi connectivity index (χ4v) is 2.80. The monoisotopic (exact) mass is 357 g/mol. The summed E-state index contributed by atoms with van der Waals surface area (Å²) in [5.41, 5.74) is 1.68. The first-order valence-corrected chi connectivity index (χ1v) is 7.38. The van der Waals surface area contributed by atoms with Crippen molar-refractivity contribution in [3.63, 3.8) is 0 Å². The van der Waals surface area contributed by atoms with Crippen LogP contribution in [0.15, 0.2) is 40.9 Å². The number of hydrogen-bond acceptors (Lipinski definition) is 2. The minimum atomic E-state index is -0.373. The number of para-hydroxylation sites is 1. The van der Waals surface area contributed by atoms with E-state index < -0.39 is 0 Å². The first kappa shape index (κ1) is 15.1. The predicted octanol–water partition coefficient (Wildman–Crippen LogP) is 5.25. The van der Waals surface area contributed by atoms with Crippen molar-refractivity contribution in [2.75, 3.05) is 11.9 Å². The Morgan fingerprint density at radius 1 is 1.30 bits per heavy atom. The molecule has 0 spiro atoms. The number of benzene rings is 2. The zero-order chi connectivity index (χ0) is 14.5. The van der Waals surface area contributed by atoms with Crippen molar-refractivity contribution in [3.8, 4) is 5.75 Å². The van der Waals surface area contributed by atoms with Crippen LogP contribution in [0, 0.1) is 5.82 Å². The van der Waals surface area contributed by atoms with Crippen molar-refractivity contribution in [2.24, 2.45) is 0 Å². The molecule has 2 nitrogen and oxygen atoms in total. The lowest BCUT2D eigenvalue weighted by atomic mass is 10.2. The first-order chi connectivity index (χ1) is 9.61. The molecule has 0 saturated heterocycles. The third-order valence-corrected chi connectivity index (χ3v) is 3.66. The van der Waals surface area contributed by atoms with Crippen LogP contribution in [-0.2, 0) is 6.54 Å². The van der Waals surface area contributed by atoms with Gasteiger partial charge in [-0.2, -0.15) is 0 Å². The van der Waals surface area contributed by atoms with Gasteiger partial charge in [0.25, 0.3) is 0 Å². The lowest BCUT2D eigenvalue weighted by Gasteiger charge is -2.14. The average molecular weight is 359 g/mol. The average Bonchev–Trinajstić information content (AvgIpc) is 2.39. The highest BCUT2D eigenvalue weighted by molar-refractivity contribution is 9.10. The molecule has 2 aromatic rings. The van der Waals surface area contributed by atoms with Gasteiger partial charge >= 0.3 is 0 Å². The highest BCUT2D eigenvalue weighted by Crippen LogP contribution is 2.32. The standard InChI is InChI=1S/C15H14BrClFNO/c1-2-20-14-6-4-3-5-10(14)9-19-15-12(16)7-11(18)8-13(15)17/h3-8,19H,2,9H2,1H3. The lowest BCUT2D eigenvalue weighted by Crippen LogP contribution is -2.04. The Morgan fingerprint density at radius 3 is 2.75 bits per heavy atom. The van der Waals surface area contributed by atoms with Crippen LogP contribution in [0.5, 0.6) is 5.75 Å². The highest BCUT2D eigenvalue weighted by Gasteiger charge is 2.09. The van der Waals surface area contributed by atoms with Gasteiger partial charge in [-0.05, 0) is 41.1 Å². The van der Waals surface area contributed by atoms with E-state index in [-0.39, 0.29) is 5.82 Å². The smallest absolute Gasteiger partial charge is 0.125 e. The minimum Gasteiger partial charge on any atom is -0.494 e. The third-order valence-electron chi connectivity index (χ3n) is 2.73. The fourth-order valence-electron chi connectivity index (χ4n) is 1.84. The molecule has 5 heteroatoms. The molecule has 0 bridgehead atoms. The molecule has 0 aromatic heterocycles. The van der Waals surface area contributed by atoms with E-state index in [2.05, 4.69) is 21.2 Å². The lowest BCUT2D eigenvalue weighted by molar-refractivity contribution is 0.337. The number of nitrogens with one attached hydrogen (secondary N) is 1. The maximum atomic E-state index is 13.2. The molecule has 0 fully saturated rings. The maximum absolute atomic E-state index is 13.2. The van der Waals surface area contributed by atoms with Gasteiger partial charge in [0.15, 0.2) is 0 Å². The van der Waals surface area contributed by atoms with Crippen molar-refractivity contribution in [3.05, 3.63) is 57.3 Å². The van der Waals surface area contributed by atoms with Crippen molar-refractivity contribution >= 4 is 33.2 Å². The molecular weight excluding hydrogens is 345 g/mol. The van der Waals surface area contributed by atoms with E-state index in [9.17, 15) is 4.39 Å². The predicted molar refractivity (Wildman–Crippen MR) is 84.0 cm³/mol. The molecule has 1 N–H and O–H groups in total. The van der Waals surface area contributed by atoms with Gasteiger partial charge in [-0.1, -0.05) is 29.8 Å². The van der Waals surface area contributed by atoms with E-state index in [1.807, 2.05) is 31.2 Å². The Bertz CT molecular complexity index is 583. The molecule has 0 unspecified atom stereocenters. The van der Waals surface area contributed by atoms with Crippen LogP contribution in [0.2, 0.25) is 5.02 Å². The number of rotatable bonds is 5. The molecule has 2 aromatic carbocycles. The van der Waals surface area contributed by atoms with E-state index in [1.165, 1.54) is 12.1 Å². The Morgan fingerprint density at radius 2 is 2.05 bits per heavy atom. The van der Waals surface area contributed by atoms with E-state index in [0.717, 1.165) is 11.3 Å². The summed E-state index contributed by atoms with van der Waals surface area (Å²) in [6.45, 7) is 3.09. The van der Waals surface area contributed by atoms with Gasteiger partial charge in [0, 0.05) is 16.6 Å². The summed E-state index contributed by atoms with van der Waals surface area (Å²) < 4.78 is 19.3. The van der Waals surface area contributed by atoms with E-state index in [0.29, 0.717) is 28.3 Å². The van der Waals surface area contributed by atoms with Crippen LogP contribution < -0.4 is 10.1 Å². The van der Waals surface area contributed by atoms with Crippen molar-refractivity contribution in [2.45, 2.75) is 13.5 Å². The summed E-state index contributed by atoms with van der Waals surface area (Å²) in [5.74, 6) is 0.457. The molecule has 20 heavy (non-hydrogen) atoms. The molecule has 0 radical (unpaired) electrons. The summed E-state index contributed by atoms with van der Waals surface area (Å²) in [6, 6.07) is 10.4. The van der Waals surface area contributed by atoms with E-state index in [1.54, 1.807) is 0 Å². The van der Waals surface area contributed by atoms with E-state index in [4.69, 9.17) is 16.3 Å². The van der Waals surface area contributed by atoms with Gasteiger partial charge in [0.05, 0.1) is 17.3 Å². The SMILES string of the molecule is CCOc1ccccc1CNc1c(Cl)cc(F)cc1Br. The van der Waals surface area contributed by atoms with Gasteiger partial charge in [-0.25, -0.2) is 4.39 Å². The second kappa shape index (κ2) is 6.95. The number of anilines is 1. The van der Waals surface area contributed by atoms with Crippen LogP contribution in [-0.4, -0.2) is 6.61 Å². The molecule has 2 rings (SSSR count). The van der Waals surface area contributed by atoms with Crippen LogP contribution >= 0.6 is 27.5 Å². The van der Waals surface area contributed by atoms with Crippen molar-refractivity contribution < 1.29 is 9.13 Å². The Balaban J connectivity index is 2.17. The fraction of sp³-hybridized carbons (Fsp3) is 0.200. The van der Waals surface area contributed by atoms with Crippen LogP contribution in [0.4, 0.5) is 10.1 Å². The van der Waals surface area contributed by atoms with Gasteiger partial charge in [0.2, 0.25) is 0 Å². The van der Waals surface area contributed by atoms with Gasteiger partial charge in [-0.3, -0.25) is 0 Å². The Labute approximate surface area is 131 Å². The van der Waals surface area contributed by atoms with E-state index >= 15 is 0 Å². The highest BCUT2D eigenvalue weighted by atomic mass is 79.9. The third kappa shape index (κ3) is 3.64. The van der Waals surface area contributed by atoms with Crippen LogP contribution in [0.3, 0.4) is 0 Å². The van der Waals surface area contributed by atoms with Crippen molar-refractivity contribution in [1.82, 2.24) is 0 Å². The molecule has 0 aliphatic heterocycles. The normalized spacial score (nSPS) is 10.4. The molecule has 0 amide bonds. The zero-order valence-electron chi connectivity index (χ0n) is 10.9. The maximum Gasteiger partial charge on any atom is 0.125 e. The summed E-state index contributed by atoms with van der Waals surface area (Å²) in [4.78, 5) is 0. The summed E-state index contributed by atoms with van der Waals surface area (Å²) in [6.07, 6.45) is 0. The van der Waals surface area contributed by atoms with Gasteiger partial charge in [0.1, 0.15) is 11.6 Å². The molecule has 0 aliphatic carbocycles. The molecule has 0 saturated carbocycles. The number of ether oxygens (including phenoxy) is 1. The molecule has 0 aliphatic rings. The molecule has 106 valence electrons. The zero-order valence-corrected chi connectivity index (χ0v) is 13.3. The topological polar surface area (TPSA) is 21.3 Å². The number of halogens is 3. The molecule has 0 atom stereocenters. The van der Waals surface area contributed by atoms with Crippen LogP contribution in [0.1, 0.15) is 12.5 Å². The summed E-state index contributed by atoms with van der Waals surface area (Å²) in [5, 5.41) is 3.54. The molecule has 0 heterocycles. The summed E-state index contributed by atoms with van der Waals surface area (Å²) >= 11 is 9.34. The Hall–Kier alpha value is -1.26. The summed E-state index contributed by atoms with van der Waals surface area (Å²) in [7, 11) is 0. The minimum absolute atomic E-state index is 0.339. The second-order valence-electron chi connectivity index (χ2n) is 4.14. The molecular formula is C15H14BrClFNO. The van der Waals surface area contributed by atoms with Crippen LogP contribution in [0.25, 0.3) is 0 Å². The van der Waals surface area contributed by atoms with Gasteiger partial charge in [-0.15, -0.1) is 0 Å². The Kier molecular flexibility index (Phi) is 5.26. The largest absolute Gasteiger partial charge is 0.494 e. The number of hydrogen-bond donors (Lipinski definition) is 1. The second-order valence-corrected chi connectivity index (χ2v) is 5.40. The quantitative estimate of drug-likeness (QED) is 0.788.